The van der Waals surface area contributed by atoms with E-state index in [9.17, 15) is 4.79 Å². The van der Waals surface area contributed by atoms with Crippen molar-refractivity contribution in [3.05, 3.63) is 53.5 Å². The van der Waals surface area contributed by atoms with Crippen LogP contribution in [0, 0.1) is 0 Å². The molecule has 1 aliphatic heterocycles. The number of anilines is 1. The standard InChI is InChI=1S/C22H27N3O3/c1-6-9-25-18-12-20(27-5)16(11-17(18)15(2)13-22(25,3)4)14-23-24-21(26)19-8-7-10-28-19/h7-8,10-14H,6,9H2,1-5H3,(H,24,26)/b23-14+. The van der Waals surface area contributed by atoms with Gasteiger partial charge in [-0.3, -0.25) is 4.79 Å². The molecule has 1 aliphatic rings. The molecule has 0 spiro atoms. The van der Waals surface area contributed by atoms with Crippen LogP contribution >= 0.6 is 0 Å². The number of benzene rings is 1. The van der Waals surface area contributed by atoms with Crippen molar-refractivity contribution in [2.24, 2.45) is 5.10 Å². The molecule has 1 amide bonds. The van der Waals surface area contributed by atoms with E-state index >= 15 is 0 Å². The van der Waals surface area contributed by atoms with Gasteiger partial charge in [0.15, 0.2) is 5.76 Å². The van der Waals surface area contributed by atoms with Crippen LogP contribution in [0.4, 0.5) is 5.69 Å². The number of nitrogens with zero attached hydrogens (tertiary/aromatic N) is 2. The molecular formula is C22H27N3O3. The Hall–Kier alpha value is -3.02. The molecule has 2 heterocycles. The van der Waals surface area contributed by atoms with Crippen LogP contribution in [0.25, 0.3) is 5.57 Å². The molecule has 0 atom stereocenters. The lowest BCUT2D eigenvalue weighted by Crippen LogP contribution is -2.45. The van der Waals surface area contributed by atoms with Crippen LogP contribution < -0.4 is 15.1 Å². The van der Waals surface area contributed by atoms with Gasteiger partial charge >= 0.3 is 5.91 Å². The number of rotatable bonds is 6. The average Bonchev–Trinajstić information content (AvgIpc) is 3.19. The van der Waals surface area contributed by atoms with Crippen LogP contribution in [-0.4, -0.2) is 31.3 Å². The van der Waals surface area contributed by atoms with E-state index in [4.69, 9.17) is 9.15 Å². The van der Waals surface area contributed by atoms with Crippen LogP contribution in [-0.2, 0) is 0 Å². The van der Waals surface area contributed by atoms with Gasteiger partial charge in [-0.2, -0.15) is 5.10 Å². The van der Waals surface area contributed by atoms with Crippen LogP contribution in [0.2, 0.25) is 0 Å². The number of methoxy groups -OCH3 is 1. The van der Waals surface area contributed by atoms with Crippen LogP contribution in [0.15, 0.2) is 46.1 Å². The van der Waals surface area contributed by atoms with Gasteiger partial charge in [-0.15, -0.1) is 0 Å². The van der Waals surface area contributed by atoms with E-state index < -0.39 is 5.91 Å². The van der Waals surface area contributed by atoms with E-state index in [0.717, 1.165) is 29.8 Å². The fourth-order valence-corrected chi connectivity index (χ4v) is 3.65. The highest BCUT2D eigenvalue weighted by molar-refractivity contribution is 5.94. The van der Waals surface area contributed by atoms with Gasteiger partial charge < -0.3 is 14.1 Å². The zero-order chi connectivity index (χ0) is 20.3. The Bertz CT molecular complexity index is 911. The highest BCUT2D eigenvalue weighted by atomic mass is 16.5. The number of carbonyl (C=O) groups excluding carboxylic acids is 1. The average molecular weight is 381 g/mol. The zero-order valence-corrected chi connectivity index (χ0v) is 17.1. The fraction of sp³-hybridized carbons (Fsp3) is 0.364. The number of hydrazone groups is 1. The van der Waals surface area contributed by atoms with E-state index in [2.05, 4.69) is 61.3 Å². The topological polar surface area (TPSA) is 67.1 Å². The molecule has 1 aromatic carbocycles. The molecule has 3 rings (SSSR count). The third-order valence-electron chi connectivity index (χ3n) is 4.89. The van der Waals surface area contributed by atoms with Crippen molar-refractivity contribution in [2.45, 2.75) is 39.7 Å². The molecule has 0 fully saturated rings. The Balaban J connectivity index is 1.93. The number of hydrogen-bond acceptors (Lipinski definition) is 5. The lowest BCUT2D eigenvalue weighted by molar-refractivity contribution is 0.0927. The van der Waals surface area contributed by atoms with Gasteiger partial charge in [-0.05, 0) is 51.0 Å². The van der Waals surface area contributed by atoms with E-state index in [1.165, 1.54) is 11.8 Å². The Labute approximate surface area is 165 Å². The van der Waals surface area contributed by atoms with Crippen molar-refractivity contribution in [1.29, 1.82) is 0 Å². The number of amides is 1. The van der Waals surface area contributed by atoms with Crippen molar-refractivity contribution >= 4 is 23.4 Å². The summed E-state index contributed by atoms with van der Waals surface area (Å²) in [7, 11) is 1.64. The first-order valence-corrected chi connectivity index (χ1v) is 9.43. The minimum absolute atomic E-state index is 0.0648. The van der Waals surface area contributed by atoms with Crippen LogP contribution in [0.3, 0.4) is 0 Å². The number of carbonyl (C=O) groups is 1. The van der Waals surface area contributed by atoms with Gasteiger partial charge in [-0.25, -0.2) is 5.43 Å². The second kappa shape index (κ2) is 7.92. The molecule has 0 unspecified atom stereocenters. The predicted molar refractivity (Wildman–Crippen MR) is 112 cm³/mol. The second-order valence-electron chi connectivity index (χ2n) is 7.42. The Morgan fingerprint density at radius 1 is 1.39 bits per heavy atom. The minimum atomic E-state index is -0.398. The third-order valence-corrected chi connectivity index (χ3v) is 4.89. The molecule has 6 heteroatoms. The summed E-state index contributed by atoms with van der Waals surface area (Å²) in [4.78, 5) is 14.4. The Morgan fingerprint density at radius 3 is 2.82 bits per heavy atom. The lowest BCUT2D eigenvalue weighted by Gasteiger charge is -2.43. The van der Waals surface area contributed by atoms with Gasteiger partial charge in [0.05, 0.1) is 25.1 Å². The Morgan fingerprint density at radius 2 is 2.18 bits per heavy atom. The van der Waals surface area contributed by atoms with Crippen LogP contribution in [0.5, 0.6) is 5.75 Å². The monoisotopic (exact) mass is 381 g/mol. The summed E-state index contributed by atoms with van der Waals surface area (Å²) in [6, 6.07) is 7.35. The molecule has 2 aromatic rings. The highest BCUT2D eigenvalue weighted by Gasteiger charge is 2.31. The number of furan rings is 1. The normalized spacial score (nSPS) is 15.3. The van der Waals surface area contributed by atoms with Gasteiger partial charge in [0.2, 0.25) is 0 Å². The highest BCUT2D eigenvalue weighted by Crippen LogP contribution is 2.41. The molecule has 1 aromatic heterocycles. The van der Waals surface area contributed by atoms with E-state index in [1.807, 2.05) is 0 Å². The van der Waals surface area contributed by atoms with Gasteiger partial charge in [0.25, 0.3) is 0 Å². The largest absolute Gasteiger partial charge is 0.496 e. The predicted octanol–water partition coefficient (Wildman–Crippen LogP) is 4.46. The fourth-order valence-electron chi connectivity index (χ4n) is 3.65. The molecule has 0 aliphatic carbocycles. The minimum Gasteiger partial charge on any atom is -0.496 e. The number of nitrogens with one attached hydrogen (secondary N) is 1. The maximum absolute atomic E-state index is 12.0. The number of allylic oxidation sites excluding steroid dienone is 1. The number of ether oxygens (including phenoxy) is 1. The summed E-state index contributed by atoms with van der Waals surface area (Å²) in [5.74, 6) is 0.525. The molecule has 148 valence electrons. The molecule has 1 N–H and O–H groups in total. The van der Waals surface area contributed by atoms with E-state index in [1.54, 1.807) is 25.5 Å². The summed E-state index contributed by atoms with van der Waals surface area (Å²) in [5, 5.41) is 4.07. The summed E-state index contributed by atoms with van der Waals surface area (Å²) < 4.78 is 10.7. The van der Waals surface area contributed by atoms with Crippen molar-refractivity contribution in [1.82, 2.24) is 5.43 Å². The molecule has 0 bridgehead atoms. The molecule has 6 nitrogen and oxygen atoms in total. The maximum Gasteiger partial charge on any atom is 0.307 e. The van der Waals surface area contributed by atoms with Gasteiger partial charge in [-0.1, -0.05) is 13.0 Å². The lowest BCUT2D eigenvalue weighted by atomic mass is 9.87. The summed E-state index contributed by atoms with van der Waals surface area (Å²) in [6.45, 7) is 9.71. The summed E-state index contributed by atoms with van der Waals surface area (Å²) in [6.07, 6.45) is 6.39. The smallest absolute Gasteiger partial charge is 0.307 e. The first kappa shape index (κ1) is 19.7. The maximum atomic E-state index is 12.0. The Kier molecular flexibility index (Phi) is 5.58. The molecule has 28 heavy (non-hydrogen) atoms. The summed E-state index contributed by atoms with van der Waals surface area (Å²) in [5.41, 5.74) is 6.72. The molecule has 0 radical (unpaired) electrons. The molecule has 0 saturated heterocycles. The zero-order valence-electron chi connectivity index (χ0n) is 17.1. The number of fused-ring (bicyclic) bond motifs is 1. The number of hydrogen-bond donors (Lipinski definition) is 1. The van der Waals surface area contributed by atoms with E-state index in [-0.39, 0.29) is 11.3 Å². The SMILES string of the molecule is CCCN1c2cc(OC)c(/C=N/NC(=O)c3ccco3)cc2C(C)=CC1(C)C. The van der Waals surface area contributed by atoms with E-state index in [0.29, 0.717) is 5.75 Å². The third kappa shape index (κ3) is 3.81. The van der Waals surface area contributed by atoms with Crippen molar-refractivity contribution in [2.75, 3.05) is 18.6 Å². The van der Waals surface area contributed by atoms with Crippen molar-refractivity contribution in [3.8, 4) is 5.75 Å². The van der Waals surface area contributed by atoms with Crippen molar-refractivity contribution in [3.63, 3.8) is 0 Å². The molecular weight excluding hydrogens is 354 g/mol. The van der Waals surface area contributed by atoms with Crippen molar-refractivity contribution < 1.29 is 13.9 Å². The van der Waals surface area contributed by atoms with Gasteiger partial charge in [0, 0.05) is 29.4 Å². The summed E-state index contributed by atoms with van der Waals surface area (Å²) >= 11 is 0. The molecule has 0 saturated carbocycles. The quantitative estimate of drug-likeness (QED) is 0.592. The first-order chi connectivity index (χ1) is 13.4. The van der Waals surface area contributed by atoms with Gasteiger partial charge in [0.1, 0.15) is 5.75 Å². The van der Waals surface area contributed by atoms with Crippen LogP contribution in [0.1, 0.15) is 55.8 Å². The first-order valence-electron chi connectivity index (χ1n) is 9.43. The second-order valence-corrected chi connectivity index (χ2v) is 7.42.